The maximum Gasteiger partial charge on any atom is 0.0777 e. The van der Waals surface area contributed by atoms with Crippen molar-refractivity contribution < 1.29 is 9.84 Å². The van der Waals surface area contributed by atoms with Gasteiger partial charge in [0.1, 0.15) is 0 Å². The Kier molecular flexibility index (Phi) is 1.86. The molecule has 0 radical (unpaired) electrons. The molecule has 8 heavy (non-hydrogen) atoms. The monoisotopic (exact) mass is 116 g/mol. The largest absolute Gasteiger partial charge is 0.391 e. The molecule has 1 heterocycles. The molecule has 0 aliphatic carbocycles. The van der Waals surface area contributed by atoms with E-state index in [-0.39, 0.29) is 6.10 Å². The molecule has 2 heteroatoms. The number of aliphatic hydroxyl groups excluding tert-OH is 1. The first kappa shape index (κ1) is 6.05. The van der Waals surface area contributed by atoms with Gasteiger partial charge in [-0.2, -0.15) is 0 Å². The van der Waals surface area contributed by atoms with Crippen LogP contribution in [0.4, 0.5) is 0 Å². The summed E-state index contributed by atoms with van der Waals surface area (Å²) in [6, 6.07) is 0. The number of hydrogen-bond acceptors (Lipinski definition) is 2. The zero-order valence-electron chi connectivity index (χ0n) is 5.13. The van der Waals surface area contributed by atoms with Gasteiger partial charge in [0.05, 0.1) is 12.7 Å². The SMILES string of the molecule is C[C@H]1COC[C@@H](O)C1. The Hall–Kier alpha value is -0.0800. The topological polar surface area (TPSA) is 29.5 Å². The molecule has 1 N–H and O–H groups in total. The second-order valence-electron chi connectivity index (χ2n) is 2.53. The maximum atomic E-state index is 8.95. The van der Waals surface area contributed by atoms with Gasteiger partial charge in [0.25, 0.3) is 0 Å². The highest BCUT2D eigenvalue weighted by Crippen LogP contribution is 2.11. The van der Waals surface area contributed by atoms with Gasteiger partial charge >= 0.3 is 0 Å². The van der Waals surface area contributed by atoms with Crippen molar-refractivity contribution >= 4 is 0 Å². The lowest BCUT2D eigenvalue weighted by Crippen LogP contribution is -2.27. The van der Waals surface area contributed by atoms with Crippen LogP contribution in [0.15, 0.2) is 0 Å². The van der Waals surface area contributed by atoms with E-state index in [2.05, 4.69) is 6.92 Å². The minimum absolute atomic E-state index is 0.209. The van der Waals surface area contributed by atoms with Crippen molar-refractivity contribution in [2.24, 2.45) is 5.92 Å². The molecule has 2 atom stereocenters. The van der Waals surface area contributed by atoms with Crippen LogP contribution >= 0.6 is 0 Å². The molecule has 0 amide bonds. The van der Waals surface area contributed by atoms with Crippen LogP contribution in [0.25, 0.3) is 0 Å². The van der Waals surface area contributed by atoms with Gasteiger partial charge in [-0.3, -0.25) is 0 Å². The Morgan fingerprint density at radius 1 is 1.50 bits per heavy atom. The van der Waals surface area contributed by atoms with Gasteiger partial charge in [-0.1, -0.05) is 6.92 Å². The summed E-state index contributed by atoms with van der Waals surface area (Å²) < 4.78 is 5.04. The highest BCUT2D eigenvalue weighted by atomic mass is 16.5. The number of ether oxygens (including phenoxy) is 1. The second-order valence-corrected chi connectivity index (χ2v) is 2.53. The second kappa shape index (κ2) is 2.46. The molecule has 0 aromatic heterocycles. The fourth-order valence-electron chi connectivity index (χ4n) is 1.01. The lowest BCUT2D eigenvalue weighted by molar-refractivity contribution is -0.0312. The first-order valence-electron chi connectivity index (χ1n) is 3.05. The summed E-state index contributed by atoms with van der Waals surface area (Å²) in [5, 5.41) is 8.95. The molecular formula is C6H12O2. The molecule has 48 valence electrons. The maximum absolute atomic E-state index is 8.95. The van der Waals surface area contributed by atoms with Gasteiger partial charge in [0.2, 0.25) is 0 Å². The molecular weight excluding hydrogens is 104 g/mol. The normalized spacial score (nSPS) is 39.8. The standard InChI is InChI=1S/C6H12O2/c1-5-2-6(7)4-8-3-5/h5-7H,2-4H2,1H3/t5-,6+/m1/s1. The van der Waals surface area contributed by atoms with E-state index in [0.717, 1.165) is 13.0 Å². The summed E-state index contributed by atoms with van der Waals surface area (Å²) in [5.74, 6) is 0.541. The number of rotatable bonds is 0. The summed E-state index contributed by atoms with van der Waals surface area (Å²) in [4.78, 5) is 0. The van der Waals surface area contributed by atoms with E-state index in [4.69, 9.17) is 9.84 Å². The van der Waals surface area contributed by atoms with Crippen molar-refractivity contribution in [3.05, 3.63) is 0 Å². The van der Waals surface area contributed by atoms with Gasteiger partial charge in [-0.25, -0.2) is 0 Å². The summed E-state index contributed by atoms with van der Waals surface area (Å²) in [6.07, 6.45) is 0.693. The van der Waals surface area contributed by atoms with Crippen LogP contribution in [-0.4, -0.2) is 24.4 Å². The van der Waals surface area contributed by atoms with E-state index >= 15 is 0 Å². The smallest absolute Gasteiger partial charge is 0.0777 e. The summed E-state index contributed by atoms with van der Waals surface area (Å²) >= 11 is 0. The molecule has 1 saturated heterocycles. The van der Waals surface area contributed by atoms with Crippen LogP contribution in [0.1, 0.15) is 13.3 Å². The third-order valence-corrected chi connectivity index (χ3v) is 1.39. The van der Waals surface area contributed by atoms with Crippen LogP contribution in [-0.2, 0) is 4.74 Å². The van der Waals surface area contributed by atoms with Crippen molar-refractivity contribution in [3.8, 4) is 0 Å². The molecule has 0 aromatic carbocycles. The highest BCUT2D eigenvalue weighted by Gasteiger charge is 2.15. The Labute approximate surface area is 49.5 Å². The van der Waals surface area contributed by atoms with Gasteiger partial charge in [-0.05, 0) is 12.3 Å². The zero-order chi connectivity index (χ0) is 5.98. The van der Waals surface area contributed by atoms with Crippen molar-refractivity contribution in [2.75, 3.05) is 13.2 Å². The van der Waals surface area contributed by atoms with Crippen molar-refractivity contribution in [2.45, 2.75) is 19.4 Å². The van der Waals surface area contributed by atoms with Gasteiger partial charge in [-0.15, -0.1) is 0 Å². The minimum atomic E-state index is -0.209. The summed E-state index contributed by atoms with van der Waals surface area (Å²) in [5.41, 5.74) is 0. The van der Waals surface area contributed by atoms with Crippen LogP contribution in [0.5, 0.6) is 0 Å². The van der Waals surface area contributed by atoms with Gasteiger partial charge in [0.15, 0.2) is 0 Å². The average Bonchev–Trinajstić information content (AvgIpc) is 1.64. The molecule has 1 aliphatic rings. The van der Waals surface area contributed by atoms with E-state index in [9.17, 15) is 0 Å². The van der Waals surface area contributed by atoms with E-state index in [0.29, 0.717) is 12.5 Å². The van der Waals surface area contributed by atoms with E-state index in [1.54, 1.807) is 0 Å². The minimum Gasteiger partial charge on any atom is -0.391 e. The van der Waals surface area contributed by atoms with Crippen molar-refractivity contribution in [1.82, 2.24) is 0 Å². The van der Waals surface area contributed by atoms with Crippen molar-refractivity contribution in [1.29, 1.82) is 0 Å². The molecule has 0 spiro atoms. The zero-order valence-corrected chi connectivity index (χ0v) is 5.13. The van der Waals surface area contributed by atoms with Crippen LogP contribution in [0.2, 0.25) is 0 Å². The first-order chi connectivity index (χ1) is 3.79. The Morgan fingerprint density at radius 2 is 2.25 bits per heavy atom. The Morgan fingerprint density at radius 3 is 2.62 bits per heavy atom. The third kappa shape index (κ3) is 1.46. The predicted molar refractivity (Wildman–Crippen MR) is 30.6 cm³/mol. The Balaban J connectivity index is 2.23. The fourth-order valence-corrected chi connectivity index (χ4v) is 1.01. The molecule has 2 nitrogen and oxygen atoms in total. The highest BCUT2D eigenvalue weighted by molar-refractivity contribution is 4.64. The fraction of sp³-hybridized carbons (Fsp3) is 1.00. The first-order valence-corrected chi connectivity index (χ1v) is 3.05. The van der Waals surface area contributed by atoms with Gasteiger partial charge in [0, 0.05) is 6.61 Å². The van der Waals surface area contributed by atoms with Crippen molar-refractivity contribution in [3.63, 3.8) is 0 Å². The number of aliphatic hydroxyl groups is 1. The molecule has 0 unspecified atom stereocenters. The molecule has 1 fully saturated rings. The van der Waals surface area contributed by atoms with Crippen LogP contribution < -0.4 is 0 Å². The predicted octanol–water partition coefficient (Wildman–Crippen LogP) is 0.404. The Bertz CT molecular complexity index is 64.9. The lowest BCUT2D eigenvalue weighted by atomic mass is 10.0. The third-order valence-electron chi connectivity index (χ3n) is 1.39. The van der Waals surface area contributed by atoms with Crippen LogP contribution in [0.3, 0.4) is 0 Å². The van der Waals surface area contributed by atoms with E-state index < -0.39 is 0 Å². The van der Waals surface area contributed by atoms with E-state index in [1.807, 2.05) is 0 Å². The molecule has 0 aromatic rings. The molecule has 1 rings (SSSR count). The lowest BCUT2D eigenvalue weighted by Gasteiger charge is -2.22. The molecule has 0 bridgehead atoms. The van der Waals surface area contributed by atoms with E-state index in [1.165, 1.54) is 0 Å². The molecule has 1 aliphatic heterocycles. The average molecular weight is 116 g/mol. The van der Waals surface area contributed by atoms with Gasteiger partial charge < -0.3 is 9.84 Å². The molecule has 0 saturated carbocycles. The quantitative estimate of drug-likeness (QED) is 0.496. The summed E-state index contributed by atoms with van der Waals surface area (Å²) in [7, 11) is 0. The summed E-state index contributed by atoms with van der Waals surface area (Å²) in [6.45, 7) is 3.43. The number of hydrogen-bond donors (Lipinski definition) is 1. The van der Waals surface area contributed by atoms with Crippen LogP contribution in [0, 0.1) is 5.92 Å².